The summed E-state index contributed by atoms with van der Waals surface area (Å²) in [6.07, 6.45) is 2.53. The SMILES string of the molecule is COc1ccc(C(O)C(C)NC(=O)c2ccc3c(c2)CCC3)cc1. The third-order valence-electron chi connectivity index (χ3n) is 4.65. The Labute approximate surface area is 142 Å². The molecule has 0 aromatic heterocycles. The second-order valence-electron chi connectivity index (χ2n) is 6.32. The summed E-state index contributed by atoms with van der Waals surface area (Å²) < 4.78 is 5.12. The van der Waals surface area contributed by atoms with E-state index in [2.05, 4.69) is 5.32 Å². The number of carbonyl (C=O) groups excluding carboxylic acids is 1. The lowest BCUT2D eigenvalue weighted by atomic mass is 10.0. The first kappa shape index (κ1) is 16.5. The monoisotopic (exact) mass is 325 g/mol. The Morgan fingerprint density at radius 1 is 1.12 bits per heavy atom. The lowest BCUT2D eigenvalue weighted by Crippen LogP contribution is -2.37. The van der Waals surface area contributed by atoms with Crippen molar-refractivity contribution in [3.05, 3.63) is 64.7 Å². The minimum Gasteiger partial charge on any atom is -0.497 e. The number of nitrogens with one attached hydrogen (secondary N) is 1. The molecule has 0 fully saturated rings. The number of carbonyl (C=O) groups is 1. The van der Waals surface area contributed by atoms with Crippen LogP contribution in [0.4, 0.5) is 0 Å². The Balaban J connectivity index is 1.66. The van der Waals surface area contributed by atoms with E-state index in [-0.39, 0.29) is 11.9 Å². The third kappa shape index (κ3) is 3.44. The highest BCUT2D eigenvalue weighted by Crippen LogP contribution is 2.24. The fourth-order valence-corrected chi connectivity index (χ4v) is 3.17. The zero-order valence-corrected chi connectivity index (χ0v) is 14.1. The molecule has 0 saturated heterocycles. The lowest BCUT2D eigenvalue weighted by Gasteiger charge is -2.21. The summed E-state index contributed by atoms with van der Waals surface area (Å²) >= 11 is 0. The average molecular weight is 325 g/mol. The quantitative estimate of drug-likeness (QED) is 0.888. The largest absolute Gasteiger partial charge is 0.497 e. The number of aliphatic hydroxyl groups is 1. The van der Waals surface area contributed by atoms with Crippen LogP contribution in [0.3, 0.4) is 0 Å². The number of aryl methyl sites for hydroxylation is 2. The normalized spacial score (nSPS) is 15.5. The molecule has 0 radical (unpaired) electrons. The van der Waals surface area contributed by atoms with Gasteiger partial charge in [0.2, 0.25) is 0 Å². The van der Waals surface area contributed by atoms with Gasteiger partial charge < -0.3 is 15.2 Å². The van der Waals surface area contributed by atoms with Crippen LogP contribution in [0.2, 0.25) is 0 Å². The van der Waals surface area contributed by atoms with E-state index in [4.69, 9.17) is 4.74 Å². The summed E-state index contributed by atoms with van der Waals surface area (Å²) in [5.41, 5.74) is 4.02. The molecule has 0 bridgehead atoms. The van der Waals surface area contributed by atoms with Crippen LogP contribution in [0.1, 0.15) is 46.5 Å². The van der Waals surface area contributed by atoms with Gasteiger partial charge in [-0.1, -0.05) is 18.2 Å². The maximum Gasteiger partial charge on any atom is 0.251 e. The number of amides is 1. The van der Waals surface area contributed by atoms with E-state index in [1.807, 2.05) is 30.3 Å². The van der Waals surface area contributed by atoms with Crippen molar-refractivity contribution in [3.63, 3.8) is 0 Å². The molecule has 2 atom stereocenters. The van der Waals surface area contributed by atoms with Crippen molar-refractivity contribution in [1.82, 2.24) is 5.32 Å². The Kier molecular flexibility index (Phi) is 4.86. The fraction of sp³-hybridized carbons (Fsp3) is 0.350. The Bertz CT molecular complexity index is 724. The molecule has 4 nitrogen and oxygen atoms in total. The Morgan fingerprint density at radius 2 is 1.83 bits per heavy atom. The van der Waals surface area contributed by atoms with Gasteiger partial charge in [0.25, 0.3) is 5.91 Å². The maximum atomic E-state index is 12.4. The maximum absolute atomic E-state index is 12.4. The van der Waals surface area contributed by atoms with E-state index in [1.165, 1.54) is 11.1 Å². The lowest BCUT2D eigenvalue weighted by molar-refractivity contribution is 0.0852. The van der Waals surface area contributed by atoms with Crippen LogP contribution in [0.5, 0.6) is 5.75 Å². The van der Waals surface area contributed by atoms with Crippen LogP contribution in [-0.4, -0.2) is 24.2 Å². The third-order valence-corrected chi connectivity index (χ3v) is 4.65. The first-order chi connectivity index (χ1) is 11.6. The minimum atomic E-state index is -0.769. The number of methoxy groups -OCH3 is 1. The average Bonchev–Trinajstić information content (AvgIpc) is 3.08. The van der Waals surface area contributed by atoms with Crippen molar-refractivity contribution in [1.29, 1.82) is 0 Å². The van der Waals surface area contributed by atoms with Gasteiger partial charge in [-0.05, 0) is 67.1 Å². The van der Waals surface area contributed by atoms with Crippen LogP contribution < -0.4 is 10.1 Å². The van der Waals surface area contributed by atoms with Crippen LogP contribution in [0.15, 0.2) is 42.5 Å². The van der Waals surface area contributed by atoms with Gasteiger partial charge in [0.15, 0.2) is 0 Å². The second-order valence-corrected chi connectivity index (χ2v) is 6.32. The van der Waals surface area contributed by atoms with Crippen LogP contribution in [-0.2, 0) is 12.8 Å². The standard InChI is InChI=1S/C20H23NO3/c1-13(19(22)15-8-10-18(24-2)11-9-15)21-20(23)17-7-6-14-4-3-5-16(14)12-17/h6-13,19,22H,3-5H2,1-2H3,(H,21,23). The van der Waals surface area contributed by atoms with E-state index in [0.29, 0.717) is 5.56 Å². The van der Waals surface area contributed by atoms with Gasteiger partial charge in [-0.3, -0.25) is 4.79 Å². The molecule has 1 aliphatic rings. The molecule has 2 aromatic rings. The molecule has 2 aromatic carbocycles. The molecule has 126 valence electrons. The van der Waals surface area contributed by atoms with Gasteiger partial charge in [-0.2, -0.15) is 0 Å². The van der Waals surface area contributed by atoms with Crippen LogP contribution in [0, 0.1) is 0 Å². The number of hydrogen-bond acceptors (Lipinski definition) is 3. The molecule has 3 rings (SSSR count). The summed E-state index contributed by atoms with van der Waals surface area (Å²) in [5.74, 6) is 0.588. The molecule has 1 amide bonds. The number of fused-ring (bicyclic) bond motifs is 1. The molecule has 1 aliphatic carbocycles. The van der Waals surface area contributed by atoms with Gasteiger partial charge >= 0.3 is 0 Å². The highest BCUT2D eigenvalue weighted by Gasteiger charge is 2.20. The first-order valence-corrected chi connectivity index (χ1v) is 8.33. The highest BCUT2D eigenvalue weighted by atomic mass is 16.5. The topological polar surface area (TPSA) is 58.6 Å². The molecule has 0 spiro atoms. The van der Waals surface area contributed by atoms with Gasteiger partial charge in [0.05, 0.1) is 19.3 Å². The highest BCUT2D eigenvalue weighted by molar-refractivity contribution is 5.94. The molecular formula is C20H23NO3. The van der Waals surface area contributed by atoms with Gasteiger partial charge in [0, 0.05) is 5.56 Å². The van der Waals surface area contributed by atoms with Crippen molar-refractivity contribution < 1.29 is 14.6 Å². The molecule has 24 heavy (non-hydrogen) atoms. The van der Waals surface area contributed by atoms with E-state index < -0.39 is 6.10 Å². The van der Waals surface area contributed by atoms with Gasteiger partial charge in [-0.25, -0.2) is 0 Å². The zero-order chi connectivity index (χ0) is 17.1. The van der Waals surface area contributed by atoms with Crippen LogP contribution in [0.25, 0.3) is 0 Å². The molecule has 0 aliphatic heterocycles. The minimum absolute atomic E-state index is 0.148. The van der Waals surface area contributed by atoms with E-state index in [0.717, 1.165) is 30.6 Å². The smallest absolute Gasteiger partial charge is 0.251 e. The van der Waals surface area contributed by atoms with E-state index in [1.54, 1.807) is 26.2 Å². The molecular weight excluding hydrogens is 302 g/mol. The fourth-order valence-electron chi connectivity index (χ4n) is 3.17. The number of rotatable bonds is 5. The van der Waals surface area contributed by atoms with Gasteiger partial charge in [-0.15, -0.1) is 0 Å². The van der Waals surface area contributed by atoms with Crippen LogP contribution >= 0.6 is 0 Å². The predicted molar refractivity (Wildman–Crippen MR) is 93.3 cm³/mol. The Hall–Kier alpha value is -2.33. The van der Waals surface area contributed by atoms with Crippen molar-refractivity contribution in [3.8, 4) is 5.75 Å². The number of aliphatic hydroxyl groups excluding tert-OH is 1. The summed E-state index contributed by atoms with van der Waals surface area (Å²) in [4.78, 5) is 12.4. The molecule has 0 saturated carbocycles. The number of benzene rings is 2. The summed E-state index contributed by atoms with van der Waals surface area (Å²) in [5, 5.41) is 13.3. The summed E-state index contributed by atoms with van der Waals surface area (Å²) in [7, 11) is 1.60. The van der Waals surface area contributed by atoms with Gasteiger partial charge in [0.1, 0.15) is 5.75 Å². The van der Waals surface area contributed by atoms with Crippen molar-refractivity contribution >= 4 is 5.91 Å². The molecule has 0 heterocycles. The summed E-state index contributed by atoms with van der Waals surface area (Å²) in [6.45, 7) is 1.81. The first-order valence-electron chi connectivity index (χ1n) is 8.33. The van der Waals surface area contributed by atoms with E-state index in [9.17, 15) is 9.90 Å². The zero-order valence-electron chi connectivity index (χ0n) is 14.1. The van der Waals surface area contributed by atoms with E-state index >= 15 is 0 Å². The van der Waals surface area contributed by atoms with Crippen molar-refractivity contribution in [2.24, 2.45) is 0 Å². The number of ether oxygens (including phenoxy) is 1. The summed E-state index contributed by atoms with van der Waals surface area (Å²) in [6, 6.07) is 12.7. The van der Waals surface area contributed by atoms with Crippen molar-refractivity contribution in [2.45, 2.75) is 38.3 Å². The number of hydrogen-bond donors (Lipinski definition) is 2. The molecule has 4 heteroatoms. The molecule has 2 N–H and O–H groups in total. The molecule has 2 unspecified atom stereocenters. The predicted octanol–water partition coefficient (Wildman–Crippen LogP) is 3.04. The Morgan fingerprint density at radius 3 is 2.54 bits per heavy atom. The second kappa shape index (κ2) is 7.05. The van der Waals surface area contributed by atoms with Crippen molar-refractivity contribution in [2.75, 3.05) is 7.11 Å².